The largest absolute Gasteiger partial charge is 0.480 e. The molecule has 2 aromatic rings. The van der Waals surface area contributed by atoms with E-state index in [1.807, 2.05) is 31.2 Å². The lowest BCUT2D eigenvalue weighted by molar-refractivity contribution is -0.139. The lowest BCUT2D eigenvalue weighted by atomic mass is 10.2. The number of halogens is 1. The topological polar surface area (TPSA) is 97.1 Å². The number of hydrogen-bond donors (Lipinski definition) is 2. The average molecular weight is 306 g/mol. The Morgan fingerprint density at radius 2 is 1.95 bits per heavy atom. The van der Waals surface area contributed by atoms with E-state index in [-0.39, 0.29) is 5.69 Å². The minimum absolute atomic E-state index is 0.0414. The predicted molar refractivity (Wildman–Crippen MR) is 75.7 cm³/mol. The van der Waals surface area contributed by atoms with Gasteiger partial charge in [0.25, 0.3) is 5.91 Å². The molecule has 116 valence electrons. The Kier molecular flexibility index (Phi) is 4.50. The van der Waals surface area contributed by atoms with Crippen molar-refractivity contribution in [1.82, 2.24) is 20.3 Å². The van der Waals surface area contributed by atoms with E-state index >= 15 is 0 Å². The van der Waals surface area contributed by atoms with Gasteiger partial charge in [-0.05, 0) is 26.0 Å². The lowest BCUT2D eigenvalue weighted by Gasteiger charge is -2.09. The SMILES string of the molecule is Cc1ccc(-n2nnc(C(=O)NC(CF)C(=O)O)c2C)cc1. The van der Waals surface area contributed by atoms with Crippen molar-refractivity contribution in [3.8, 4) is 5.69 Å². The summed E-state index contributed by atoms with van der Waals surface area (Å²) in [6.45, 7) is 2.37. The number of benzene rings is 1. The van der Waals surface area contributed by atoms with Crippen LogP contribution in [0.15, 0.2) is 24.3 Å². The summed E-state index contributed by atoms with van der Waals surface area (Å²) < 4.78 is 14.0. The molecule has 1 aromatic carbocycles. The minimum Gasteiger partial charge on any atom is -0.480 e. The van der Waals surface area contributed by atoms with Crippen LogP contribution in [0.3, 0.4) is 0 Å². The summed E-state index contributed by atoms with van der Waals surface area (Å²) in [4.78, 5) is 22.7. The Bertz CT molecular complexity index is 697. The second kappa shape index (κ2) is 6.33. The van der Waals surface area contributed by atoms with E-state index in [4.69, 9.17) is 5.11 Å². The van der Waals surface area contributed by atoms with Crippen LogP contribution >= 0.6 is 0 Å². The van der Waals surface area contributed by atoms with Crippen LogP contribution in [0.4, 0.5) is 4.39 Å². The molecule has 22 heavy (non-hydrogen) atoms. The van der Waals surface area contributed by atoms with Crippen LogP contribution in [0.1, 0.15) is 21.7 Å². The van der Waals surface area contributed by atoms with E-state index in [9.17, 15) is 14.0 Å². The molecule has 1 atom stereocenters. The van der Waals surface area contributed by atoms with Crippen molar-refractivity contribution >= 4 is 11.9 Å². The molecule has 0 aliphatic rings. The molecular weight excluding hydrogens is 291 g/mol. The normalized spacial score (nSPS) is 12.0. The third-order valence-electron chi connectivity index (χ3n) is 3.15. The van der Waals surface area contributed by atoms with Crippen molar-refractivity contribution in [3.63, 3.8) is 0 Å². The summed E-state index contributed by atoms with van der Waals surface area (Å²) in [6.07, 6.45) is 0. The molecule has 1 amide bonds. The summed E-state index contributed by atoms with van der Waals surface area (Å²) in [6, 6.07) is 5.82. The molecule has 2 rings (SSSR count). The first-order valence-electron chi connectivity index (χ1n) is 6.53. The van der Waals surface area contributed by atoms with Crippen molar-refractivity contribution in [2.45, 2.75) is 19.9 Å². The highest BCUT2D eigenvalue weighted by molar-refractivity contribution is 5.95. The van der Waals surface area contributed by atoms with Gasteiger partial charge in [-0.15, -0.1) is 5.10 Å². The Morgan fingerprint density at radius 3 is 2.50 bits per heavy atom. The van der Waals surface area contributed by atoms with Crippen molar-refractivity contribution in [2.75, 3.05) is 6.67 Å². The third-order valence-corrected chi connectivity index (χ3v) is 3.15. The number of nitrogens with zero attached hydrogens (tertiary/aromatic N) is 3. The maximum absolute atomic E-state index is 12.6. The van der Waals surface area contributed by atoms with Gasteiger partial charge in [0, 0.05) is 0 Å². The summed E-state index contributed by atoms with van der Waals surface area (Å²) in [7, 11) is 0. The van der Waals surface area contributed by atoms with Crippen LogP contribution in [0.2, 0.25) is 0 Å². The van der Waals surface area contributed by atoms with Crippen molar-refractivity contribution in [2.24, 2.45) is 0 Å². The fourth-order valence-electron chi connectivity index (χ4n) is 1.86. The van der Waals surface area contributed by atoms with E-state index in [0.29, 0.717) is 5.69 Å². The van der Waals surface area contributed by atoms with Crippen LogP contribution in [0, 0.1) is 13.8 Å². The molecule has 0 aliphatic heterocycles. The van der Waals surface area contributed by atoms with Crippen LogP contribution < -0.4 is 5.32 Å². The first kappa shape index (κ1) is 15.6. The molecule has 1 heterocycles. The zero-order valence-electron chi connectivity index (χ0n) is 12.1. The maximum Gasteiger partial charge on any atom is 0.328 e. The van der Waals surface area contributed by atoms with Gasteiger partial charge in [-0.1, -0.05) is 22.9 Å². The van der Waals surface area contributed by atoms with E-state index in [1.165, 1.54) is 4.68 Å². The molecular formula is C14H15FN4O3. The number of aromatic nitrogens is 3. The third kappa shape index (κ3) is 3.11. The highest BCUT2D eigenvalue weighted by atomic mass is 19.1. The van der Waals surface area contributed by atoms with Crippen LogP contribution in [0.5, 0.6) is 0 Å². The van der Waals surface area contributed by atoms with Gasteiger partial charge in [0.1, 0.15) is 6.67 Å². The standard InChI is InChI=1S/C14H15FN4O3/c1-8-3-5-10(6-4-8)19-9(2)12(17-18-19)13(20)16-11(7-15)14(21)22/h3-6,11H,7H2,1-2H3,(H,16,20)(H,21,22). The Morgan fingerprint density at radius 1 is 1.32 bits per heavy atom. The number of carboxylic acid groups (broad SMARTS) is 1. The number of aryl methyl sites for hydroxylation is 1. The monoisotopic (exact) mass is 306 g/mol. The Hall–Kier alpha value is -2.77. The van der Waals surface area contributed by atoms with E-state index in [0.717, 1.165) is 11.3 Å². The van der Waals surface area contributed by atoms with Crippen molar-refractivity contribution in [3.05, 3.63) is 41.2 Å². The highest BCUT2D eigenvalue weighted by Crippen LogP contribution is 2.13. The molecule has 8 heteroatoms. The van der Waals surface area contributed by atoms with Gasteiger partial charge in [0.05, 0.1) is 11.4 Å². The summed E-state index contributed by atoms with van der Waals surface area (Å²) in [5.41, 5.74) is 2.19. The number of aliphatic carboxylic acids is 1. The molecule has 1 aromatic heterocycles. The first-order chi connectivity index (χ1) is 10.4. The van der Waals surface area contributed by atoms with Gasteiger partial charge < -0.3 is 10.4 Å². The van der Waals surface area contributed by atoms with Gasteiger partial charge in [0.2, 0.25) is 0 Å². The molecule has 7 nitrogen and oxygen atoms in total. The van der Waals surface area contributed by atoms with Crippen molar-refractivity contribution in [1.29, 1.82) is 0 Å². The van der Waals surface area contributed by atoms with Gasteiger partial charge in [0.15, 0.2) is 11.7 Å². The van der Waals surface area contributed by atoms with Gasteiger partial charge in [-0.2, -0.15) is 0 Å². The Balaban J connectivity index is 2.25. The first-order valence-corrected chi connectivity index (χ1v) is 6.53. The highest BCUT2D eigenvalue weighted by Gasteiger charge is 2.24. The van der Waals surface area contributed by atoms with Gasteiger partial charge in [-0.25, -0.2) is 13.9 Å². The van der Waals surface area contributed by atoms with Crippen LogP contribution in [-0.4, -0.2) is 44.7 Å². The fourth-order valence-corrected chi connectivity index (χ4v) is 1.86. The van der Waals surface area contributed by atoms with Gasteiger partial charge >= 0.3 is 5.97 Å². The summed E-state index contributed by atoms with van der Waals surface area (Å²) >= 11 is 0. The quantitative estimate of drug-likeness (QED) is 0.860. The van der Waals surface area contributed by atoms with E-state index in [1.54, 1.807) is 6.92 Å². The second-order valence-corrected chi connectivity index (χ2v) is 4.79. The molecule has 1 unspecified atom stereocenters. The number of nitrogens with one attached hydrogen (secondary N) is 1. The number of rotatable bonds is 5. The fraction of sp³-hybridized carbons (Fsp3) is 0.286. The minimum atomic E-state index is -1.60. The molecule has 0 saturated heterocycles. The Labute approximate surface area is 125 Å². The number of hydrogen-bond acceptors (Lipinski definition) is 4. The zero-order valence-corrected chi connectivity index (χ0v) is 12.1. The predicted octanol–water partition coefficient (Wildman–Crippen LogP) is 1.04. The van der Waals surface area contributed by atoms with E-state index in [2.05, 4.69) is 15.6 Å². The lowest BCUT2D eigenvalue weighted by Crippen LogP contribution is -2.42. The summed E-state index contributed by atoms with van der Waals surface area (Å²) in [5.74, 6) is -2.22. The second-order valence-electron chi connectivity index (χ2n) is 4.79. The van der Waals surface area contributed by atoms with Gasteiger partial charge in [-0.3, -0.25) is 4.79 Å². The van der Waals surface area contributed by atoms with Crippen molar-refractivity contribution < 1.29 is 19.1 Å². The molecule has 2 N–H and O–H groups in total. The van der Waals surface area contributed by atoms with Crippen LogP contribution in [0.25, 0.3) is 5.69 Å². The number of alkyl halides is 1. The molecule has 0 aliphatic carbocycles. The molecule has 0 fully saturated rings. The molecule has 0 saturated carbocycles. The molecule has 0 spiro atoms. The molecule has 0 radical (unpaired) electrons. The number of amides is 1. The zero-order chi connectivity index (χ0) is 16.3. The number of carbonyl (C=O) groups is 2. The van der Waals surface area contributed by atoms with E-state index < -0.39 is 24.6 Å². The molecule has 0 bridgehead atoms. The average Bonchev–Trinajstić information content (AvgIpc) is 2.87. The number of carboxylic acids is 1. The van der Waals surface area contributed by atoms with Crippen LogP contribution in [-0.2, 0) is 4.79 Å². The maximum atomic E-state index is 12.6. The smallest absolute Gasteiger partial charge is 0.328 e. The number of carbonyl (C=O) groups excluding carboxylic acids is 1. The summed E-state index contributed by atoms with van der Waals surface area (Å²) in [5, 5.41) is 18.4.